The monoisotopic (exact) mass is 942 g/mol. The van der Waals surface area contributed by atoms with E-state index in [1.54, 1.807) is 13.8 Å². The van der Waals surface area contributed by atoms with Crippen LogP contribution in [0.25, 0.3) is 0 Å². The molecule has 372 valence electrons. The number of carbonyl (C=O) groups excluding carboxylic acids is 8. The van der Waals surface area contributed by atoms with Crippen molar-refractivity contribution in [2.75, 3.05) is 39.5 Å². The Balaban J connectivity index is 2.14. The molecule has 0 aliphatic carbocycles. The van der Waals surface area contributed by atoms with Crippen molar-refractivity contribution in [3.63, 3.8) is 0 Å². The van der Waals surface area contributed by atoms with Gasteiger partial charge in [-0.3, -0.25) is 48.1 Å². The van der Waals surface area contributed by atoms with Gasteiger partial charge in [0.2, 0.25) is 47.3 Å². The molecule has 0 aromatic carbocycles. The van der Waals surface area contributed by atoms with E-state index in [-0.39, 0.29) is 51.3 Å². The molecular weight excluding hydrogens is 876 g/mol. The second-order valence-electron chi connectivity index (χ2n) is 16.1. The Hall–Kier alpha value is -6.19. The number of likely N-dealkylation sites (tertiary alicyclic amines) is 2. The van der Waals surface area contributed by atoms with Crippen LogP contribution < -0.4 is 49.1 Å². The van der Waals surface area contributed by atoms with Crippen molar-refractivity contribution >= 4 is 65.2 Å². The van der Waals surface area contributed by atoms with Gasteiger partial charge < -0.3 is 84.4 Å². The van der Waals surface area contributed by atoms with Gasteiger partial charge in [-0.15, -0.1) is 0 Å². The molecule has 2 aliphatic rings. The van der Waals surface area contributed by atoms with Gasteiger partial charge in [0, 0.05) is 26.1 Å². The van der Waals surface area contributed by atoms with E-state index in [1.807, 2.05) is 0 Å². The first-order valence-corrected chi connectivity index (χ1v) is 21.6. The fourth-order valence-corrected chi connectivity index (χ4v) is 7.18. The molecule has 0 aromatic heterocycles. The fraction of sp³-hybridized carbons (Fsp3) is 0.718. The summed E-state index contributed by atoms with van der Waals surface area (Å²) in [4.78, 5) is 136. The van der Waals surface area contributed by atoms with E-state index >= 15 is 0 Å². The van der Waals surface area contributed by atoms with Crippen LogP contribution >= 0.6 is 0 Å². The molecule has 17 N–H and O–H groups in total. The average Bonchev–Trinajstić information content (AvgIpc) is 3.98. The predicted molar refractivity (Wildman–Crippen MR) is 230 cm³/mol. The first-order chi connectivity index (χ1) is 31.1. The number of aliphatic carboxylic acids is 2. The number of aliphatic hydroxyl groups excluding tert-OH is 3. The number of hydrogen-bond acceptors (Lipinski definition) is 15. The van der Waals surface area contributed by atoms with Crippen molar-refractivity contribution in [2.45, 2.75) is 133 Å². The van der Waals surface area contributed by atoms with Crippen LogP contribution in [-0.2, 0) is 47.9 Å². The molecule has 27 heteroatoms. The molecule has 0 aromatic rings. The first-order valence-electron chi connectivity index (χ1n) is 21.6. The van der Waals surface area contributed by atoms with Crippen molar-refractivity contribution < 1.29 is 73.5 Å². The second kappa shape index (κ2) is 27.3. The van der Waals surface area contributed by atoms with Gasteiger partial charge in [-0.1, -0.05) is 20.3 Å². The largest absolute Gasteiger partial charge is 0.481 e. The highest BCUT2D eigenvalue weighted by atomic mass is 16.4. The molecule has 66 heavy (non-hydrogen) atoms. The van der Waals surface area contributed by atoms with E-state index in [2.05, 4.69) is 36.9 Å². The summed E-state index contributed by atoms with van der Waals surface area (Å²) in [6, 6.07) is -12.4. The summed E-state index contributed by atoms with van der Waals surface area (Å²) >= 11 is 0. The number of amides is 8. The highest BCUT2D eigenvalue weighted by Gasteiger charge is 2.44. The van der Waals surface area contributed by atoms with Gasteiger partial charge in [0.05, 0.1) is 19.8 Å². The predicted octanol–water partition coefficient (Wildman–Crippen LogP) is -6.75. The molecule has 2 rings (SSSR count). The molecule has 0 unspecified atom stereocenters. The Morgan fingerprint density at radius 3 is 1.76 bits per heavy atom. The third-order valence-electron chi connectivity index (χ3n) is 11.2. The maximum atomic E-state index is 14.1. The lowest BCUT2D eigenvalue weighted by Gasteiger charge is -2.33. The number of aliphatic hydroxyl groups is 3. The van der Waals surface area contributed by atoms with Gasteiger partial charge in [-0.05, 0) is 57.8 Å². The Kier molecular flexibility index (Phi) is 23.2. The summed E-state index contributed by atoms with van der Waals surface area (Å²) in [6.07, 6.45) is 0.504. The van der Waals surface area contributed by atoms with E-state index in [4.69, 9.17) is 22.3 Å². The van der Waals surface area contributed by atoms with Crippen LogP contribution in [0, 0.1) is 5.92 Å². The first kappa shape index (κ1) is 55.9. The number of guanidine groups is 1. The zero-order valence-electron chi connectivity index (χ0n) is 37.3. The third kappa shape index (κ3) is 16.7. The van der Waals surface area contributed by atoms with Crippen LogP contribution in [0.4, 0.5) is 0 Å². The smallest absolute Gasteiger partial charge is 0.326 e. The molecule has 2 heterocycles. The molecule has 0 spiro atoms. The summed E-state index contributed by atoms with van der Waals surface area (Å²) in [7, 11) is 0. The number of nitrogens with zero attached hydrogens (tertiary/aromatic N) is 3. The standard InChI is InChI=1S/C39H66N12O15/c1-4-19(2)29(35(62)46-23(38(65)66)8-5-13-43-39(41)42)49-33(60)25(18-54)47-30(57)20(3)44-34(61)26-9-6-14-50(26)37(64)27-10-7-15-51(27)36(63)22(11-12-28(55)56)45-32(59)24(17-53)48-31(58)21(40)16-52/h19-27,29,52-54H,4-18,40H2,1-3H3,(H,44,61)(H,45,59)(H,46,62)(H,47,57)(H,48,58)(H,49,60)(H,55,56)(H,65,66)(H4,41,42,43)/t19-,20-,21-,22-,23-,24-,25-,26-,27-,29-/m0/s1. The van der Waals surface area contributed by atoms with Crippen LogP contribution in [0.1, 0.15) is 78.6 Å². The molecular formula is C39H66N12O15. The molecule has 8 amide bonds. The van der Waals surface area contributed by atoms with Crippen molar-refractivity contribution in [1.29, 1.82) is 0 Å². The quantitative estimate of drug-likeness (QED) is 0.0207. The normalized spacial score (nSPS) is 19.3. The minimum Gasteiger partial charge on any atom is -0.481 e. The maximum Gasteiger partial charge on any atom is 0.326 e. The van der Waals surface area contributed by atoms with Gasteiger partial charge in [-0.25, -0.2) is 4.79 Å². The number of carboxylic acids is 2. The summed E-state index contributed by atoms with van der Waals surface area (Å²) < 4.78 is 0. The summed E-state index contributed by atoms with van der Waals surface area (Å²) in [5.74, 6) is -10.4. The Morgan fingerprint density at radius 1 is 0.667 bits per heavy atom. The van der Waals surface area contributed by atoms with E-state index in [1.165, 1.54) is 11.8 Å². The average molecular weight is 943 g/mol. The minimum atomic E-state index is -1.63. The number of nitrogens with one attached hydrogen (secondary N) is 6. The summed E-state index contributed by atoms with van der Waals surface area (Å²) in [5, 5.41) is 62.1. The number of hydrogen-bond donors (Lipinski definition) is 14. The van der Waals surface area contributed by atoms with E-state index < -0.39 is 152 Å². The number of aliphatic imine (C=N–C) groups is 1. The number of nitrogens with two attached hydrogens (primary N) is 3. The number of carboxylic acid groups (broad SMARTS) is 2. The molecule has 0 bridgehead atoms. The topological polar surface area (TPSA) is 441 Å². The molecule has 27 nitrogen and oxygen atoms in total. The van der Waals surface area contributed by atoms with Gasteiger partial charge in [-0.2, -0.15) is 0 Å². The van der Waals surface area contributed by atoms with Crippen LogP contribution in [0.15, 0.2) is 4.99 Å². The fourth-order valence-electron chi connectivity index (χ4n) is 7.18. The highest BCUT2D eigenvalue weighted by molar-refractivity contribution is 5.98. The minimum absolute atomic E-state index is 0.0230. The molecule has 0 radical (unpaired) electrons. The van der Waals surface area contributed by atoms with Crippen LogP contribution in [0.3, 0.4) is 0 Å². The second-order valence-corrected chi connectivity index (χ2v) is 16.1. The summed E-state index contributed by atoms with van der Waals surface area (Å²) in [5.41, 5.74) is 16.0. The van der Waals surface area contributed by atoms with Crippen LogP contribution in [-0.4, -0.2) is 194 Å². The number of carbonyl (C=O) groups is 10. The Morgan fingerprint density at radius 2 is 1.21 bits per heavy atom. The maximum absolute atomic E-state index is 14.1. The molecule has 0 saturated carbocycles. The van der Waals surface area contributed by atoms with Crippen LogP contribution in [0.5, 0.6) is 0 Å². The van der Waals surface area contributed by atoms with Crippen molar-refractivity contribution in [3.05, 3.63) is 0 Å². The SMILES string of the molecule is CC[C@H](C)[C@H](NC(=O)[C@H](CO)NC(=O)[C@H](C)NC(=O)[C@@H]1CCCN1C(=O)[C@@H]1CCCN1C(=O)[C@H](CCC(=O)O)NC(=O)[C@H](CO)NC(=O)[C@@H](N)CO)C(=O)N[C@@H](CCCN=C(N)N)C(=O)O. The van der Waals surface area contributed by atoms with Crippen molar-refractivity contribution in [1.82, 2.24) is 41.7 Å². The number of rotatable bonds is 27. The van der Waals surface area contributed by atoms with Gasteiger partial charge in [0.1, 0.15) is 54.4 Å². The van der Waals surface area contributed by atoms with Crippen molar-refractivity contribution in [2.24, 2.45) is 28.1 Å². The van der Waals surface area contributed by atoms with Gasteiger partial charge in [0.15, 0.2) is 5.96 Å². The molecule has 2 aliphatic heterocycles. The molecule has 2 saturated heterocycles. The van der Waals surface area contributed by atoms with Gasteiger partial charge >= 0.3 is 11.9 Å². The highest BCUT2D eigenvalue weighted by Crippen LogP contribution is 2.26. The Bertz CT molecular complexity index is 1780. The Labute approximate surface area is 380 Å². The van der Waals surface area contributed by atoms with E-state index in [9.17, 15) is 68.4 Å². The molecule has 2 fully saturated rings. The van der Waals surface area contributed by atoms with Crippen LogP contribution in [0.2, 0.25) is 0 Å². The van der Waals surface area contributed by atoms with E-state index in [0.717, 1.165) is 4.90 Å². The third-order valence-corrected chi connectivity index (χ3v) is 11.2. The van der Waals surface area contributed by atoms with E-state index in [0.29, 0.717) is 19.3 Å². The summed E-state index contributed by atoms with van der Waals surface area (Å²) in [6.45, 7) is 2.20. The van der Waals surface area contributed by atoms with Crippen molar-refractivity contribution in [3.8, 4) is 0 Å². The zero-order chi connectivity index (χ0) is 49.8. The lowest BCUT2D eigenvalue weighted by atomic mass is 9.97. The lowest BCUT2D eigenvalue weighted by molar-refractivity contribution is -0.148. The lowest BCUT2D eigenvalue weighted by Crippen LogP contribution is -2.60. The van der Waals surface area contributed by atoms with Gasteiger partial charge in [0.25, 0.3) is 0 Å². The zero-order valence-corrected chi connectivity index (χ0v) is 37.3. The molecule has 10 atom stereocenters.